The summed E-state index contributed by atoms with van der Waals surface area (Å²) < 4.78 is 40.3. The Morgan fingerprint density at radius 2 is 1.45 bits per heavy atom. The van der Waals surface area contributed by atoms with Gasteiger partial charge in [0.2, 0.25) is 0 Å². The molecule has 1 aliphatic rings. The normalized spacial score (nSPS) is 18.6. The van der Waals surface area contributed by atoms with E-state index < -0.39 is 48.7 Å². The maximum absolute atomic E-state index is 13.8. The van der Waals surface area contributed by atoms with Crippen molar-refractivity contribution in [3.05, 3.63) is 118 Å². The highest BCUT2D eigenvalue weighted by Gasteiger charge is 2.52. The molecular weight excluding hydrogens is 863 g/mol. The number of rotatable bonds is 21. The van der Waals surface area contributed by atoms with E-state index in [1.165, 1.54) is 10.4 Å². The zero-order valence-corrected chi connectivity index (χ0v) is 45.4. The van der Waals surface area contributed by atoms with Gasteiger partial charge in [0.25, 0.3) is 8.32 Å². The van der Waals surface area contributed by atoms with Crippen LogP contribution in [0.4, 0.5) is 0 Å². The van der Waals surface area contributed by atoms with E-state index in [0.717, 1.165) is 11.6 Å². The van der Waals surface area contributed by atoms with E-state index in [1.54, 1.807) is 0 Å². The number of carbonyl (C=O) groups is 1. The molecule has 1 aliphatic heterocycles. The first-order chi connectivity index (χ1) is 30.2. The van der Waals surface area contributed by atoms with Crippen LogP contribution in [0, 0.1) is 12.8 Å². The number of nitrogens with zero attached hydrogens (tertiary/aromatic N) is 3. The van der Waals surface area contributed by atoms with Crippen molar-refractivity contribution in [1.29, 1.82) is 0 Å². The molecule has 356 valence electrons. The van der Waals surface area contributed by atoms with Gasteiger partial charge in [-0.15, -0.1) is 0 Å². The van der Waals surface area contributed by atoms with E-state index in [1.807, 2.05) is 45.1 Å². The van der Waals surface area contributed by atoms with Crippen LogP contribution in [-0.4, -0.2) is 80.6 Å². The second-order valence-electron chi connectivity index (χ2n) is 21.8. The molecule has 0 aliphatic carbocycles. The van der Waals surface area contributed by atoms with Gasteiger partial charge in [0, 0.05) is 24.7 Å². The zero-order chi connectivity index (χ0) is 48.4. The van der Waals surface area contributed by atoms with Crippen molar-refractivity contribution >= 4 is 47.1 Å². The van der Waals surface area contributed by atoms with Crippen LogP contribution in [0.25, 0.3) is 16.5 Å². The van der Waals surface area contributed by atoms with Crippen molar-refractivity contribution in [3.63, 3.8) is 0 Å². The van der Waals surface area contributed by atoms with Crippen LogP contribution in [-0.2, 0) is 23.1 Å². The van der Waals surface area contributed by atoms with E-state index in [-0.39, 0.29) is 41.4 Å². The first kappa shape index (κ1) is 53.8. The number of esters is 1. The number of hydrogen-bond donors (Lipinski definition) is 0. The van der Waals surface area contributed by atoms with Gasteiger partial charge in [0.1, 0.15) is 11.9 Å². The summed E-state index contributed by atoms with van der Waals surface area (Å²) in [6.45, 7) is 35.9. The van der Waals surface area contributed by atoms with Crippen LogP contribution in [0.2, 0.25) is 48.9 Å². The van der Waals surface area contributed by atoms with E-state index in [0.29, 0.717) is 29.9 Å². The van der Waals surface area contributed by atoms with Crippen molar-refractivity contribution < 1.29 is 32.6 Å². The molecule has 65 heavy (non-hydrogen) atoms. The molecule has 0 aromatic heterocycles. The topological polar surface area (TPSA) is 121 Å². The molecule has 13 heteroatoms. The SMILES string of the molecule is Cc1ccc(OCCN=[N+]=[N-])c(/C=C/C[C@@H]2OC(C)(C)O[C@@H]2C(/C=C\[C@@H](C)[C@H](C)O[Si](c2ccccc2)(c2ccccc2)C(C)(C)C)O[Si](C)(C)C(C)(C)C)c1C(=O)OCC[Si](C)(C)C. The monoisotopic (exact) mass is 942 g/mol. The molecule has 0 radical (unpaired) electrons. The minimum atomic E-state index is -2.80. The number of azide groups is 1. The molecule has 3 aromatic rings. The Bertz CT molecular complexity index is 2080. The van der Waals surface area contributed by atoms with Crippen molar-refractivity contribution in [1.82, 2.24) is 0 Å². The predicted octanol–water partition coefficient (Wildman–Crippen LogP) is 12.7. The summed E-state index contributed by atoms with van der Waals surface area (Å²) in [7, 11) is -6.59. The van der Waals surface area contributed by atoms with E-state index in [2.05, 4.69) is 171 Å². The minimum absolute atomic E-state index is 0.0263. The minimum Gasteiger partial charge on any atom is -0.493 e. The Hall–Kier alpha value is -3.79. The van der Waals surface area contributed by atoms with Gasteiger partial charge in [-0.05, 0) is 96.8 Å². The fraction of sp³-hybridized carbons (Fsp3) is 0.558. The molecule has 0 amide bonds. The van der Waals surface area contributed by atoms with Crippen molar-refractivity contribution in [2.75, 3.05) is 19.8 Å². The highest BCUT2D eigenvalue weighted by molar-refractivity contribution is 6.99. The summed E-state index contributed by atoms with van der Waals surface area (Å²) in [4.78, 5) is 16.6. The lowest BCUT2D eigenvalue weighted by Crippen LogP contribution is -2.67. The predicted molar refractivity (Wildman–Crippen MR) is 275 cm³/mol. The van der Waals surface area contributed by atoms with Gasteiger partial charge >= 0.3 is 5.97 Å². The van der Waals surface area contributed by atoms with Gasteiger partial charge in [-0.1, -0.05) is 164 Å². The number of benzene rings is 3. The van der Waals surface area contributed by atoms with Crippen LogP contribution < -0.4 is 15.1 Å². The lowest BCUT2D eigenvalue weighted by Gasteiger charge is -2.45. The molecule has 5 atom stereocenters. The van der Waals surface area contributed by atoms with Crippen LogP contribution in [0.3, 0.4) is 0 Å². The fourth-order valence-corrected chi connectivity index (χ4v) is 14.7. The van der Waals surface area contributed by atoms with E-state index in [9.17, 15) is 4.79 Å². The largest absolute Gasteiger partial charge is 0.493 e. The molecule has 4 rings (SSSR count). The van der Waals surface area contributed by atoms with Crippen molar-refractivity contribution in [2.24, 2.45) is 11.0 Å². The lowest BCUT2D eigenvalue weighted by molar-refractivity contribution is -0.151. The van der Waals surface area contributed by atoms with E-state index >= 15 is 0 Å². The maximum Gasteiger partial charge on any atom is 0.339 e. The maximum atomic E-state index is 13.8. The molecule has 0 saturated carbocycles. The second kappa shape index (κ2) is 22.3. The second-order valence-corrected chi connectivity index (χ2v) is 36.4. The van der Waals surface area contributed by atoms with Crippen LogP contribution >= 0.6 is 0 Å². The van der Waals surface area contributed by atoms with Gasteiger partial charge in [-0.25, -0.2) is 4.79 Å². The van der Waals surface area contributed by atoms with Crippen molar-refractivity contribution in [3.8, 4) is 5.75 Å². The van der Waals surface area contributed by atoms with Crippen molar-refractivity contribution in [2.45, 2.75) is 162 Å². The van der Waals surface area contributed by atoms with Gasteiger partial charge in [-0.2, -0.15) is 0 Å². The summed E-state index contributed by atoms with van der Waals surface area (Å²) in [6, 6.07) is 26.1. The molecule has 3 aromatic carbocycles. The summed E-state index contributed by atoms with van der Waals surface area (Å²) >= 11 is 0. The molecule has 0 bridgehead atoms. The number of aryl methyl sites for hydroxylation is 1. The first-order valence-corrected chi connectivity index (χ1v) is 31.9. The Labute approximate surface area is 394 Å². The average molecular weight is 942 g/mol. The summed E-state index contributed by atoms with van der Waals surface area (Å²) in [5.74, 6) is -0.737. The molecule has 1 heterocycles. The fourth-order valence-electron chi connectivity index (χ4n) is 7.93. The third-order valence-corrected chi connectivity index (χ3v) is 24.1. The smallest absolute Gasteiger partial charge is 0.339 e. The molecule has 0 N–H and O–H groups in total. The Morgan fingerprint density at radius 1 is 0.846 bits per heavy atom. The Morgan fingerprint density at radius 3 is 1.98 bits per heavy atom. The molecule has 1 saturated heterocycles. The Kier molecular flexibility index (Phi) is 18.5. The molecule has 1 fully saturated rings. The summed E-state index contributed by atoms with van der Waals surface area (Å²) in [6.07, 6.45) is 7.47. The number of hydrogen-bond acceptors (Lipinski definition) is 8. The molecule has 10 nitrogen and oxygen atoms in total. The van der Waals surface area contributed by atoms with Crippen LogP contribution in [0.5, 0.6) is 5.75 Å². The first-order valence-electron chi connectivity index (χ1n) is 23.3. The van der Waals surface area contributed by atoms with Gasteiger partial charge in [0.15, 0.2) is 14.1 Å². The summed E-state index contributed by atoms with van der Waals surface area (Å²) in [5, 5.41) is 5.91. The third kappa shape index (κ3) is 14.4. The number of carbonyl (C=O) groups excluding carboxylic acids is 1. The van der Waals surface area contributed by atoms with Gasteiger partial charge in [0.05, 0.1) is 37.5 Å². The Balaban J connectivity index is 1.72. The molecule has 0 spiro atoms. The lowest BCUT2D eigenvalue weighted by atomic mass is 9.98. The summed E-state index contributed by atoms with van der Waals surface area (Å²) in [5.41, 5.74) is 10.7. The quantitative estimate of drug-likeness (QED) is 0.0198. The van der Waals surface area contributed by atoms with Gasteiger partial charge in [-0.3, -0.25) is 0 Å². The average Bonchev–Trinajstić information content (AvgIpc) is 3.53. The highest BCUT2D eigenvalue weighted by Crippen LogP contribution is 2.42. The number of ether oxygens (including phenoxy) is 4. The van der Waals surface area contributed by atoms with Gasteiger partial charge < -0.3 is 27.8 Å². The van der Waals surface area contributed by atoms with E-state index in [4.69, 9.17) is 33.3 Å². The molecule has 1 unspecified atom stereocenters. The van der Waals surface area contributed by atoms with Crippen LogP contribution in [0.1, 0.15) is 97.1 Å². The zero-order valence-electron chi connectivity index (χ0n) is 42.4. The molecular formula is C52H79N3O7Si3. The van der Waals surface area contributed by atoms with Crippen LogP contribution in [0.15, 0.2) is 96.1 Å². The third-order valence-electron chi connectivity index (χ3n) is 12.8. The highest BCUT2D eigenvalue weighted by atomic mass is 28.4. The standard InChI is InChI=1S/C52H79N3O7Si3/c1-38(40(3)61-65(51(7,8)9,41-24-19-17-20-25-41)42-26-21-18-22-27-42)30-33-46(62-64(15,16)50(4,5)6)48-45(59-52(10,11)60-48)29-23-28-43-44(57-35-34-54-55-53)32-31-39(2)47(43)49(56)58-36-37-63(12,13)14/h17-28,30-33,38,40,45-46,48H,29,34-37H2,1-16H3/b28-23+,33-30-/t38-,40+,45+,46?,48+/m1/s1.